The molecule has 10 heteroatoms. The molecule has 1 aliphatic carbocycles. The maximum absolute atomic E-state index is 14.1. The first-order chi connectivity index (χ1) is 21.8. The molecule has 46 heavy (non-hydrogen) atoms. The monoisotopic (exact) mass is 632 g/mol. The molecule has 0 saturated carbocycles. The van der Waals surface area contributed by atoms with E-state index in [-0.39, 0.29) is 24.1 Å². The van der Waals surface area contributed by atoms with Crippen molar-refractivity contribution in [3.05, 3.63) is 76.5 Å². The SMILES string of the molecule is CC(C)c1nc2c(c(-c3ccc(F)cc3)c1/C=C/[C@@H](O)C[C@@H](O)CC(=O)O)CCCc1nc(C(=O)N(C)CCCN(C)C)ccc1-2. The second kappa shape index (κ2) is 15.5. The van der Waals surface area contributed by atoms with Crippen LogP contribution in [0.15, 0.2) is 42.5 Å². The minimum absolute atomic E-state index is 0.0322. The summed E-state index contributed by atoms with van der Waals surface area (Å²) in [6, 6.07) is 10.00. The zero-order valence-corrected chi connectivity index (χ0v) is 27.3. The highest BCUT2D eigenvalue weighted by molar-refractivity contribution is 5.93. The fourth-order valence-electron chi connectivity index (χ4n) is 5.91. The van der Waals surface area contributed by atoms with Crippen LogP contribution >= 0.6 is 0 Å². The van der Waals surface area contributed by atoms with Gasteiger partial charge < -0.3 is 25.1 Å². The van der Waals surface area contributed by atoms with Crippen molar-refractivity contribution in [1.82, 2.24) is 19.8 Å². The number of hydrogen-bond donors (Lipinski definition) is 3. The number of hydrogen-bond acceptors (Lipinski definition) is 7. The number of aliphatic hydroxyl groups excluding tert-OH is 2. The molecule has 0 fully saturated rings. The predicted octanol–water partition coefficient (Wildman–Crippen LogP) is 5.19. The van der Waals surface area contributed by atoms with E-state index in [0.29, 0.717) is 25.1 Å². The number of carboxylic acid groups (broad SMARTS) is 1. The van der Waals surface area contributed by atoms with Crippen LogP contribution in [0.4, 0.5) is 4.39 Å². The topological polar surface area (TPSA) is 127 Å². The molecule has 4 rings (SSSR count). The molecule has 0 radical (unpaired) electrons. The minimum atomic E-state index is -1.19. The maximum Gasteiger partial charge on any atom is 0.305 e. The first-order valence-electron chi connectivity index (χ1n) is 15.8. The fraction of sp³-hybridized carbons (Fsp3) is 0.444. The summed E-state index contributed by atoms with van der Waals surface area (Å²) < 4.78 is 14.1. The van der Waals surface area contributed by atoms with Crippen LogP contribution in [0.25, 0.3) is 28.5 Å². The van der Waals surface area contributed by atoms with Gasteiger partial charge in [-0.15, -0.1) is 0 Å². The molecule has 2 heterocycles. The molecule has 0 saturated heterocycles. The third-order valence-corrected chi connectivity index (χ3v) is 8.19. The lowest BCUT2D eigenvalue weighted by molar-refractivity contribution is -0.139. The van der Waals surface area contributed by atoms with E-state index in [1.165, 1.54) is 12.1 Å². The number of pyridine rings is 2. The van der Waals surface area contributed by atoms with Gasteiger partial charge in [-0.2, -0.15) is 0 Å². The Labute approximate surface area is 270 Å². The predicted molar refractivity (Wildman–Crippen MR) is 177 cm³/mol. The second-order valence-corrected chi connectivity index (χ2v) is 12.6. The van der Waals surface area contributed by atoms with E-state index in [1.54, 1.807) is 42.3 Å². The number of aliphatic hydroxyl groups is 2. The van der Waals surface area contributed by atoms with Gasteiger partial charge in [-0.3, -0.25) is 14.6 Å². The molecule has 3 aromatic rings. The van der Waals surface area contributed by atoms with Crippen molar-refractivity contribution in [3.63, 3.8) is 0 Å². The number of aliphatic carboxylic acids is 1. The Morgan fingerprint density at radius 2 is 1.72 bits per heavy atom. The molecule has 2 aromatic heterocycles. The second-order valence-electron chi connectivity index (χ2n) is 12.6. The Kier molecular flexibility index (Phi) is 11.8. The van der Waals surface area contributed by atoms with Crippen molar-refractivity contribution in [3.8, 4) is 22.4 Å². The number of benzene rings is 1. The van der Waals surface area contributed by atoms with Gasteiger partial charge in [-0.25, -0.2) is 9.37 Å². The summed E-state index contributed by atoms with van der Waals surface area (Å²) in [5.41, 5.74) is 7.02. The molecule has 1 aliphatic rings. The third-order valence-electron chi connectivity index (χ3n) is 8.19. The molecule has 9 nitrogen and oxygen atoms in total. The molecular formula is C36H45FN4O5. The van der Waals surface area contributed by atoms with Crippen LogP contribution in [-0.4, -0.2) is 93.4 Å². The zero-order valence-electron chi connectivity index (χ0n) is 27.3. The van der Waals surface area contributed by atoms with Gasteiger partial charge in [0.2, 0.25) is 0 Å². The molecule has 1 amide bonds. The summed E-state index contributed by atoms with van der Waals surface area (Å²) in [4.78, 5) is 38.1. The average molecular weight is 633 g/mol. The van der Waals surface area contributed by atoms with Crippen LogP contribution in [0.5, 0.6) is 0 Å². The van der Waals surface area contributed by atoms with E-state index in [0.717, 1.165) is 64.3 Å². The van der Waals surface area contributed by atoms with Gasteiger partial charge in [0.25, 0.3) is 5.91 Å². The summed E-state index contributed by atoms with van der Waals surface area (Å²) in [5.74, 6) is -1.65. The Bertz CT molecular complexity index is 1570. The normalized spacial score (nSPS) is 14.2. The van der Waals surface area contributed by atoms with Crippen molar-refractivity contribution in [1.29, 1.82) is 0 Å². The molecule has 3 N–H and O–H groups in total. The van der Waals surface area contributed by atoms with Crippen molar-refractivity contribution < 1.29 is 29.3 Å². The van der Waals surface area contributed by atoms with Gasteiger partial charge in [0, 0.05) is 31.1 Å². The minimum Gasteiger partial charge on any atom is -0.481 e. The number of carbonyl (C=O) groups is 2. The lowest BCUT2D eigenvalue weighted by atomic mass is 9.86. The standard InChI is InChI=1S/C36H45FN4O5/c1-22(2)34-29(15-14-25(42)20-26(43)21-32(44)45)33(23-10-12-24(37)13-11-23)28-8-6-9-30-27(35(28)39-34)16-17-31(38-30)36(46)41(5)19-7-18-40(3)4/h10-17,22,25-26,42-43H,6-9,18-21H2,1-5H3,(H,44,45)/b15-14+/t25-,26-/m1/s1. The number of carbonyl (C=O) groups excluding carboxylic acids is 1. The summed E-state index contributed by atoms with van der Waals surface area (Å²) >= 11 is 0. The van der Waals surface area contributed by atoms with Crippen LogP contribution in [0.1, 0.15) is 78.5 Å². The van der Waals surface area contributed by atoms with E-state index >= 15 is 0 Å². The van der Waals surface area contributed by atoms with Gasteiger partial charge in [-0.05, 0) is 93.2 Å². The summed E-state index contributed by atoms with van der Waals surface area (Å²) in [5, 5.41) is 29.7. The average Bonchev–Trinajstić information content (AvgIpc) is 3.17. The third kappa shape index (κ3) is 8.63. The zero-order chi connectivity index (χ0) is 33.5. The van der Waals surface area contributed by atoms with Crippen molar-refractivity contribution in [2.24, 2.45) is 0 Å². The largest absolute Gasteiger partial charge is 0.481 e. The lowest BCUT2D eigenvalue weighted by Crippen LogP contribution is -2.30. The lowest BCUT2D eigenvalue weighted by Gasteiger charge is -2.22. The fourth-order valence-corrected chi connectivity index (χ4v) is 5.91. The molecule has 0 bridgehead atoms. The number of rotatable bonds is 13. The molecule has 0 unspecified atom stereocenters. The van der Waals surface area contributed by atoms with Crippen molar-refractivity contribution in [2.45, 2.75) is 70.5 Å². The number of aromatic nitrogens is 2. The van der Waals surface area contributed by atoms with E-state index in [9.17, 15) is 24.2 Å². The summed E-state index contributed by atoms with van der Waals surface area (Å²) in [6.45, 7) is 5.56. The molecule has 0 aliphatic heterocycles. The molecule has 246 valence electrons. The van der Waals surface area contributed by atoms with E-state index < -0.39 is 24.6 Å². The van der Waals surface area contributed by atoms with Gasteiger partial charge >= 0.3 is 5.97 Å². The number of fused-ring (bicyclic) bond motifs is 3. The van der Waals surface area contributed by atoms with Crippen LogP contribution in [0.2, 0.25) is 0 Å². The van der Waals surface area contributed by atoms with Crippen LogP contribution in [0, 0.1) is 5.82 Å². The van der Waals surface area contributed by atoms with Crippen molar-refractivity contribution >= 4 is 18.0 Å². The quantitative estimate of drug-likeness (QED) is 0.235. The van der Waals surface area contributed by atoms with Crippen LogP contribution in [0.3, 0.4) is 0 Å². The Balaban J connectivity index is 1.81. The number of halogens is 1. The van der Waals surface area contributed by atoms with Gasteiger partial charge in [0.05, 0.1) is 35.7 Å². The number of aryl methyl sites for hydroxylation is 1. The van der Waals surface area contributed by atoms with Crippen LogP contribution < -0.4 is 0 Å². The molecule has 2 atom stereocenters. The number of nitrogens with zero attached hydrogens (tertiary/aromatic N) is 4. The van der Waals surface area contributed by atoms with Crippen molar-refractivity contribution in [2.75, 3.05) is 34.2 Å². The molecule has 0 spiro atoms. The maximum atomic E-state index is 14.1. The molecular weight excluding hydrogens is 587 g/mol. The van der Waals surface area contributed by atoms with E-state index in [4.69, 9.17) is 15.1 Å². The van der Waals surface area contributed by atoms with E-state index in [2.05, 4.69) is 4.90 Å². The smallest absolute Gasteiger partial charge is 0.305 e. The van der Waals surface area contributed by atoms with Crippen LogP contribution in [-0.2, 0) is 17.6 Å². The van der Waals surface area contributed by atoms with Gasteiger partial charge in [-0.1, -0.05) is 38.1 Å². The Morgan fingerprint density at radius 1 is 1.00 bits per heavy atom. The first kappa shape index (κ1) is 34.9. The first-order valence-corrected chi connectivity index (χ1v) is 15.8. The number of amides is 1. The number of carboxylic acids is 1. The Morgan fingerprint density at radius 3 is 2.37 bits per heavy atom. The van der Waals surface area contributed by atoms with E-state index in [1.807, 2.05) is 34.0 Å². The summed E-state index contributed by atoms with van der Waals surface area (Å²) in [7, 11) is 5.81. The highest BCUT2D eigenvalue weighted by atomic mass is 19.1. The highest BCUT2D eigenvalue weighted by Crippen LogP contribution is 2.41. The Hall–Kier alpha value is -3.99. The summed E-state index contributed by atoms with van der Waals surface area (Å²) in [6.07, 6.45) is 3.39. The highest BCUT2D eigenvalue weighted by Gasteiger charge is 2.27. The molecule has 1 aromatic carbocycles. The van der Waals surface area contributed by atoms with Gasteiger partial charge in [0.1, 0.15) is 11.5 Å². The van der Waals surface area contributed by atoms with Gasteiger partial charge in [0.15, 0.2) is 0 Å².